The maximum Gasteiger partial charge on any atom is 0.267 e. The van der Waals surface area contributed by atoms with Gasteiger partial charge in [-0.2, -0.15) is 8.42 Å². The smallest absolute Gasteiger partial charge is 0.267 e. The van der Waals surface area contributed by atoms with Crippen LogP contribution in [0.15, 0.2) is 11.4 Å². The summed E-state index contributed by atoms with van der Waals surface area (Å²) < 4.78 is 26.9. The van der Waals surface area contributed by atoms with Crippen molar-refractivity contribution >= 4 is 10.1 Å². The second-order valence-corrected chi connectivity index (χ2v) is 5.12. The summed E-state index contributed by atoms with van der Waals surface area (Å²) in [5.41, 5.74) is 2.03. The van der Waals surface area contributed by atoms with Crippen molar-refractivity contribution in [1.82, 2.24) is 9.80 Å². The van der Waals surface area contributed by atoms with E-state index in [9.17, 15) is 8.42 Å². The summed E-state index contributed by atoms with van der Waals surface area (Å²) in [4.78, 5) is 3.58. The van der Waals surface area contributed by atoms with Crippen LogP contribution in [-0.2, 0) is 14.3 Å². The quantitative estimate of drug-likeness (QED) is 0.629. The van der Waals surface area contributed by atoms with Crippen molar-refractivity contribution in [2.75, 3.05) is 20.4 Å². The molecule has 82 valence electrons. The van der Waals surface area contributed by atoms with E-state index in [1.165, 1.54) is 0 Å². The number of nitrogens with zero attached hydrogens (tertiary/aromatic N) is 2. The first-order valence-corrected chi connectivity index (χ1v) is 6.07. The minimum absolute atomic E-state index is 0.551. The van der Waals surface area contributed by atoms with Gasteiger partial charge >= 0.3 is 0 Å². The van der Waals surface area contributed by atoms with E-state index in [-0.39, 0.29) is 0 Å². The summed E-state index contributed by atoms with van der Waals surface area (Å²) in [7, 11) is 0.177. The molecule has 0 N–H and O–H groups in total. The van der Waals surface area contributed by atoms with Gasteiger partial charge in [0.2, 0.25) is 6.35 Å². The maximum atomic E-state index is 11.0. The Labute approximate surface area is 85.1 Å². The fourth-order valence-corrected chi connectivity index (χ4v) is 1.96. The van der Waals surface area contributed by atoms with Gasteiger partial charge in [0.1, 0.15) is 0 Å². The molecule has 1 heterocycles. The van der Waals surface area contributed by atoms with Crippen molar-refractivity contribution in [2.24, 2.45) is 0 Å². The number of rotatable bonds is 2. The topological polar surface area (TPSA) is 49.9 Å². The van der Waals surface area contributed by atoms with E-state index in [0.717, 1.165) is 17.6 Å². The molecule has 0 spiro atoms. The predicted octanol–water partition coefficient (Wildman–Crippen LogP) is 0.375. The summed E-state index contributed by atoms with van der Waals surface area (Å²) in [6, 6.07) is 0. The second-order valence-electron chi connectivity index (χ2n) is 3.52. The molecular formula is C8H16N2O3S. The molecular weight excluding hydrogens is 204 g/mol. The Kier molecular flexibility index (Phi) is 2.78. The lowest BCUT2D eigenvalue weighted by Gasteiger charge is -2.27. The molecule has 0 saturated heterocycles. The molecule has 1 aliphatic rings. The molecule has 1 aliphatic heterocycles. The van der Waals surface area contributed by atoms with Gasteiger partial charge in [-0.05, 0) is 13.8 Å². The highest BCUT2D eigenvalue weighted by Gasteiger charge is 2.32. The van der Waals surface area contributed by atoms with Gasteiger partial charge in [-0.3, -0.25) is 0 Å². The highest BCUT2D eigenvalue weighted by Crippen LogP contribution is 2.26. The SMILES string of the molecule is CC1=C(C)N(C)C(OS(C)(=O)=O)N1C. The van der Waals surface area contributed by atoms with E-state index in [2.05, 4.69) is 0 Å². The Bertz CT molecular complexity index is 343. The zero-order chi connectivity index (χ0) is 11.1. The molecule has 0 aromatic rings. The molecule has 0 saturated carbocycles. The Morgan fingerprint density at radius 2 is 1.50 bits per heavy atom. The van der Waals surface area contributed by atoms with E-state index in [1.54, 1.807) is 23.9 Å². The van der Waals surface area contributed by atoms with Crippen LogP contribution in [0.1, 0.15) is 13.8 Å². The normalized spacial score (nSPS) is 19.8. The van der Waals surface area contributed by atoms with Gasteiger partial charge in [-0.15, -0.1) is 0 Å². The molecule has 0 aromatic heterocycles. The monoisotopic (exact) mass is 220 g/mol. The van der Waals surface area contributed by atoms with Crippen LogP contribution >= 0.6 is 0 Å². The first kappa shape index (κ1) is 11.3. The molecule has 0 atom stereocenters. The maximum absolute atomic E-state index is 11.0. The molecule has 0 unspecified atom stereocenters. The van der Waals surface area contributed by atoms with Crippen LogP contribution < -0.4 is 0 Å². The van der Waals surface area contributed by atoms with Gasteiger partial charge in [0.25, 0.3) is 10.1 Å². The summed E-state index contributed by atoms with van der Waals surface area (Å²) in [5.74, 6) is 0. The van der Waals surface area contributed by atoms with Crippen LogP contribution in [0.5, 0.6) is 0 Å². The van der Waals surface area contributed by atoms with Crippen molar-refractivity contribution in [3.8, 4) is 0 Å². The lowest BCUT2D eigenvalue weighted by molar-refractivity contribution is -0.00260. The molecule has 0 radical (unpaired) electrons. The molecule has 0 aromatic carbocycles. The lowest BCUT2D eigenvalue weighted by atomic mass is 10.4. The Morgan fingerprint density at radius 3 is 1.79 bits per heavy atom. The van der Waals surface area contributed by atoms with E-state index < -0.39 is 16.5 Å². The molecule has 14 heavy (non-hydrogen) atoms. The van der Waals surface area contributed by atoms with E-state index in [1.807, 2.05) is 13.8 Å². The molecule has 0 bridgehead atoms. The zero-order valence-corrected chi connectivity index (χ0v) is 9.92. The minimum atomic E-state index is -3.43. The number of allylic oxidation sites excluding steroid dienone is 2. The fraction of sp³-hybridized carbons (Fsp3) is 0.750. The van der Waals surface area contributed by atoms with Crippen LogP contribution in [0.2, 0.25) is 0 Å². The standard InChI is InChI=1S/C8H16N2O3S/c1-6-7(2)10(4)8(9(6)3)13-14(5,11)12/h8H,1-5H3. The average molecular weight is 220 g/mol. The highest BCUT2D eigenvalue weighted by molar-refractivity contribution is 7.86. The van der Waals surface area contributed by atoms with E-state index in [4.69, 9.17) is 4.18 Å². The van der Waals surface area contributed by atoms with Crippen LogP contribution in [0.25, 0.3) is 0 Å². The summed E-state index contributed by atoms with van der Waals surface area (Å²) >= 11 is 0. The fourth-order valence-electron chi connectivity index (χ4n) is 1.39. The van der Waals surface area contributed by atoms with E-state index in [0.29, 0.717) is 0 Å². The van der Waals surface area contributed by atoms with Gasteiger partial charge in [-0.1, -0.05) is 0 Å². The third-order valence-electron chi connectivity index (χ3n) is 2.51. The van der Waals surface area contributed by atoms with Crippen molar-refractivity contribution in [3.05, 3.63) is 11.4 Å². The average Bonchev–Trinajstić information content (AvgIpc) is 2.20. The molecule has 6 heteroatoms. The first-order chi connectivity index (χ1) is 6.24. The summed E-state index contributed by atoms with van der Waals surface area (Å²) in [5, 5.41) is 0. The van der Waals surface area contributed by atoms with Crippen molar-refractivity contribution in [1.29, 1.82) is 0 Å². The molecule has 1 rings (SSSR count). The molecule has 0 aliphatic carbocycles. The third kappa shape index (κ3) is 2.01. The van der Waals surface area contributed by atoms with Gasteiger partial charge in [0.15, 0.2) is 0 Å². The minimum Gasteiger partial charge on any atom is -0.333 e. The predicted molar refractivity (Wildman–Crippen MR) is 53.6 cm³/mol. The van der Waals surface area contributed by atoms with E-state index >= 15 is 0 Å². The molecule has 5 nitrogen and oxygen atoms in total. The van der Waals surface area contributed by atoms with Crippen LogP contribution in [0.3, 0.4) is 0 Å². The van der Waals surface area contributed by atoms with Crippen LogP contribution in [0, 0.1) is 0 Å². The Hall–Kier alpha value is -0.750. The molecule has 0 amide bonds. The zero-order valence-electron chi connectivity index (χ0n) is 9.10. The lowest BCUT2D eigenvalue weighted by Crippen LogP contribution is -2.39. The Balaban J connectivity index is 2.87. The van der Waals surface area contributed by atoms with Gasteiger partial charge in [0.05, 0.1) is 6.26 Å². The molecule has 0 fully saturated rings. The van der Waals surface area contributed by atoms with Crippen molar-refractivity contribution in [3.63, 3.8) is 0 Å². The van der Waals surface area contributed by atoms with Crippen molar-refractivity contribution in [2.45, 2.75) is 20.2 Å². The first-order valence-electron chi connectivity index (χ1n) is 4.25. The van der Waals surface area contributed by atoms with Crippen molar-refractivity contribution < 1.29 is 12.6 Å². The van der Waals surface area contributed by atoms with Gasteiger partial charge < -0.3 is 9.80 Å². The number of hydrogen-bond donors (Lipinski definition) is 0. The largest absolute Gasteiger partial charge is 0.333 e. The highest BCUT2D eigenvalue weighted by atomic mass is 32.2. The third-order valence-corrected chi connectivity index (χ3v) is 3.03. The Morgan fingerprint density at radius 1 is 1.14 bits per heavy atom. The summed E-state index contributed by atoms with van der Waals surface area (Å²) in [6.45, 7) is 3.86. The van der Waals surface area contributed by atoms with Crippen LogP contribution in [-0.4, -0.2) is 44.9 Å². The van der Waals surface area contributed by atoms with Crippen LogP contribution in [0.4, 0.5) is 0 Å². The number of hydrogen-bond acceptors (Lipinski definition) is 5. The second kappa shape index (κ2) is 3.43. The van der Waals surface area contributed by atoms with Gasteiger partial charge in [0, 0.05) is 25.5 Å². The summed E-state index contributed by atoms with van der Waals surface area (Å²) in [6.07, 6.45) is 0.502. The van der Waals surface area contributed by atoms with Gasteiger partial charge in [-0.25, -0.2) is 4.18 Å².